The van der Waals surface area contributed by atoms with Gasteiger partial charge in [0, 0.05) is 19.5 Å². The predicted octanol–water partition coefficient (Wildman–Crippen LogP) is 4.82. The molecule has 0 unspecified atom stereocenters. The average Bonchev–Trinajstić information content (AvgIpc) is 3.44. The normalized spacial score (nSPS) is 25.0. The number of hydrogen-bond donors (Lipinski definition) is 0. The summed E-state index contributed by atoms with van der Waals surface area (Å²) in [7, 11) is 0. The van der Waals surface area contributed by atoms with E-state index < -0.39 is 5.41 Å². The highest BCUT2D eigenvalue weighted by molar-refractivity contribution is 5.89. The number of likely N-dealkylation sites (tertiary alicyclic amines) is 2. The second kappa shape index (κ2) is 8.68. The van der Waals surface area contributed by atoms with Crippen LogP contribution in [0.1, 0.15) is 62.5 Å². The summed E-state index contributed by atoms with van der Waals surface area (Å²) in [5.41, 5.74) is 1.52. The van der Waals surface area contributed by atoms with Crippen molar-refractivity contribution in [2.45, 2.75) is 75.4 Å². The van der Waals surface area contributed by atoms with Gasteiger partial charge in [-0.2, -0.15) is 0 Å². The molecule has 3 aliphatic rings. The van der Waals surface area contributed by atoms with Gasteiger partial charge in [0.25, 0.3) is 0 Å². The van der Waals surface area contributed by atoms with Crippen molar-refractivity contribution in [1.29, 1.82) is 0 Å². The van der Waals surface area contributed by atoms with Crippen molar-refractivity contribution in [2.24, 2.45) is 0 Å². The first-order chi connectivity index (χ1) is 15.6. The summed E-state index contributed by atoms with van der Waals surface area (Å²) in [6.07, 6.45) is 6.73. The molecule has 1 saturated carbocycles. The molecular formula is C27H31FN2O2. The third-order valence-electron chi connectivity index (χ3n) is 7.84. The molecule has 3 fully saturated rings. The summed E-state index contributed by atoms with van der Waals surface area (Å²) in [6, 6.07) is 16.8. The summed E-state index contributed by atoms with van der Waals surface area (Å²) >= 11 is 0. The van der Waals surface area contributed by atoms with Crippen molar-refractivity contribution in [3.8, 4) is 0 Å². The number of rotatable bonds is 4. The van der Waals surface area contributed by atoms with Crippen LogP contribution in [0.4, 0.5) is 4.39 Å². The topological polar surface area (TPSA) is 40.6 Å². The van der Waals surface area contributed by atoms with E-state index in [-0.39, 0.29) is 29.7 Å². The van der Waals surface area contributed by atoms with E-state index in [0.717, 1.165) is 56.1 Å². The smallest absolute Gasteiger partial charge is 0.233 e. The zero-order chi connectivity index (χ0) is 22.1. The van der Waals surface area contributed by atoms with Gasteiger partial charge in [-0.25, -0.2) is 4.39 Å². The molecular weight excluding hydrogens is 403 g/mol. The summed E-state index contributed by atoms with van der Waals surface area (Å²) in [6.45, 7) is 1.29. The van der Waals surface area contributed by atoms with Gasteiger partial charge >= 0.3 is 0 Å². The quantitative estimate of drug-likeness (QED) is 0.692. The van der Waals surface area contributed by atoms with E-state index in [2.05, 4.69) is 17.0 Å². The number of hydrogen-bond acceptors (Lipinski definition) is 2. The predicted molar refractivity (Wildman–Crippen MR) is 121 cm³/mol. The Labute approximate surface area is 189 Å². The van der Waals surface area contributed by atoms with Crippen molar-refractivity contribution in [1.82, 2.24) is 9.80 Å². The van der Waals surface area contributed by atoms with E-state index in [9.17, 15) is 14.0 Å². The second-order valence-electron chi connectivity index (χ2n) is 9.62. The van der Waals surface area contributed by atoms with Gasteiger partial charge < -0.3 is 9.80 Å². The van der Waals surface area contributed by atoms with Crippen molar-refractivity contribution in [3.05, 3.63) is 71.5 Å². The minimum absolute atomic E-state index is 0.0654. The molecule has 4 nitrogen and oxygen atoms in total. The Balaban J connectivity index is 1.43. The Kier molecular flexibility index (Phi) is 5.75. The van der Waals surface area contributed by atoms with Gasteiger partial charge in [-0.05, 0) is 55.4 Å². The largest absolute Gasteiger partial charge is 0.337 e. The lowest BCUT2D eigenvalue weighted by Gasteiger charge is -2.38. The fraction of sp³-hybridized carbons (Fsp3) is 0.481. The molecule has 2 aliphatic heterocycles. The molecule has 2 heterocycles. The Bertz CT molecular complexity index is 969. The molecule has 5 rings (SSSR count). The monoisotopic (exact) mass is 434 g/mol. The maximum absolute atomic E-state index is 14.1. The lowest BCUT2D eigenvalue weighted by atomic mass is 9.77. The third kappa shape index (κ3) is 3.72. The van der Waals surface area contributed by atoms with Crippen LogP contribution in [-0.4, -0.2) is 40.2 Å². The minimum atomic E-state index is -0.552. The number of fused-ring (bicyclic) bond motifs is 1. The molecule has 0 radical (unpaired) electrons. The molecule has 2 aromatic rings. The summed E-state index contributed by atoms with van der Waals surface area (Å²) < 4.78 is 13.6. The summed E-state index contributed by atoms with van der Waals surface area (Å²) in [5.74, 6) is 0.113. The average molecular weight is 435 g/mol. The van der Waals surface area contributed by atoms with Gasteiger partial charge in [0.2, 0.25) is 11.8 Å². The van der Waals surface area contributed by atoms with Gasteiger partial charge in [0.15, 0.2) is 0 Å². The highest BCUT2D eigenvalue weighted by Gasteiger charge is 2.50. The van der Waals surface area contributed by atoms with Crippen LogP contribution in [0, 0.1) is 5.82 Å². The number of carbonyl (C=O) groups excluding carboxylic acids is 2. The zero-order valence-corrected chi connectivity index (χ0v) is 18.5. The number of halogens is 1. The highest BCUT2D eigenvalue weighted by atomic mass is 19.1. The second-order valence-corrected chi connectivity index (χ2v) is 9.62. The SMILES string of the molecule is O=C1CCC[C@@H]2[C@@H](CCN2C(=O)C2(c3ccc(F)cc3)CCCC2)N1Cc1ccccc1. The Hall–Kier alpha value is -2.69. The van der Waals surface area contributed by atoms with E-state index >= 15 is 0 Å². The van der Waals surface area contributed by atoms with Crippen molar-refractivity contribution in [2.75, 3.05) is 6.54 Å². The van der Waals surface area contributed by atoms with Gasteiger partial charge in [-0.1, -0.05) is 55.3 Å². The molecule has 2 amide bonds. The van der Waals surface area contributed by atoms with Crippen LogP contribution in [0.25, 0.3) is 0 Å². The molecule has 0 spiro atoms. The molecule has 0 aromatic heterocycles. The van der Waals surface area contributed by atoms with Gasteiger partial charge in [-0.15, -0.1) is 0 Å². The molecule has 2 aromatic carbocycles. The fourth-order valence-electron chi connectivity index (χ4n) is 6.23. The highest BCUT2D eigenvalue weighted by Crippen LogP contribution is 2.45. The number of benzene rings is 2. The van der Waals surface area contributed by atoms with Crippen LogP contribution in [0.5, 0.6) is 0 Å². The Morgan fingerprint density at radius 1 is 0.938 bits per heavy atom. The van der Waals surface area contributed by atoms with Gasteiger partial charge in [-0.3, -0.25) is 9.59 Å². The van der Waals surface area contributed by atoms with Gasteiger partial charge in [0.05, 0.1) is 17.5 Å². The molecule has 168 valence electrons. The zero-order valence-electron chi connectivity index (χ0n) is 18.5. The molecule has 2 atom stereocenters. The lowest BCUT2D eigenvalue weighted by Crippen LogP contribution is -2.51. The van der Waals surface area contributed by atoms with Gasteiger partial charge in [0.1, 0.15) is 5.82 Å². The summed E-state index contributed by atoms with van der Waals surface area (Å²) in [5, 5.41) is 0. The molecule has 0 bridgehead atoms. The van der Waals surface area contributed by atoms with Crippen LogP contribution in [0.15, 0.2) is 54.6 Å². The van der Waals surface area contributed by atoms with E-state index in [1.807, 2.05) is 23.1 Å². The minimum Gasteiger partial charge on any atom is -0.337 e. The van der Waals surface area contributed by atoms with Crippen molar-refractivity contribution < 1.29 is 14.0 Å². The maximum Gasteiger partial charge on any atom is 0.233 e. The molecule has 32 heavy (non-hydrogen) atoms. The lowest BCUT2D eigenvalue weighted by molar-refractivity contribution is -0.140. The molecule has 0 N–H and O–H groups in total. The third-order valence-corrected chi connectivity index (χ3v) is 7.84. The standard InChI is InChI=1S/C27H31FN2O2/c28-22-13-11-21(12-14-22)27(16-4-5-17-27)26(32)29-18-15-24-23(29)9-6-10-25(31)30(24)19-20-7-2-1-3-8-20/h1-3,7-8,11-14,23-24H,4-6,9-10,15-19H2/t23-,24-/m1/s1. The van der Waals surface area contributed by atoms with E-state index in [1.165, 1.54) is 12.1 Å². The van der Waals surface area contributed by atoms with Crippen LogP contribution in [0.2, 0.25) is 0 Å². The maximum atomic E-state index is 14.1. The van der Waals surface area contributed by atoms with Crippen LogP contribution >= 0.6 is 0 Å². The van der Waals surface area contributed by atoms with E-state index in [4.69, 9.17) is 0 Å². The number of amides is 2. The Morgan fingerprint density at radius 2 is 1.66 bits per heavy atom. The number of carbonyl (C=O) groups is 2. The first-order valence-electron chi connectivity index (χ1n) is 12.0. The van der Waals surface area contributed by atoms with Crippen molar-refractivity contribution in [3.63, 3.8) is 0 Å². The van der Waals surface area contributed by atoms with Crippen LogP contribution in [-0.2, 0) is 21.5 Å². The van der Waals surface area contributed by atoms with Crippen molar-refractivity contribution >= 4 is 11.8 Å². The number of nitrogens with zero attached hydrogens (tertiary/aromatic N) is 2. The first-order valence-corrected chi connectivity index (χ1v) is 12.0. The van der Waals surface area contributed by atoms with E-state index in [1.54, 1.807) is 12.1 Å². The molecule has 5 heteroatoms. The van der Waals surface area contributed by atoms with E-state index in [0.29, 0.717) is 19.5 Å². The first kappa shape index (κ1) is 21.2. The van der Waals surface area contributed by atoms with Crippen LogP contribution in [0.3, 0.4) is 0 Å². The molecule has 2 saturated heterocycles. The fourth-order valence-corrected chi connectivity index (χ4v) is 6.23. The summed E-state index contributed by atoms with van der Waals surface area (Å²) in [4.78, 5) is 31.2. The molecule has 1 aliphatic carbocycles. The Morgan fingerprint density at radius 3 is 2.38 bits per heavy atom. The van der Waals surface area contributed by atoms with Crippen LogP contribution < -0.4 is 0 Å².